The highest BCUT2D eigenvalue weighted by molar-refractivity contribution is 6.03. The molecule has 2 aliphatic heterocycles. The van der Waals surface area contributed by atoms with Gasteiger partial charge in [-0.05, 0) is 30.2 Å². The van der Waals surface area contributed by atoms with Crippen LogP contribution in [0.1, 0.15) is 27.8 Å². The summed E-state index contributed by atoms with van der Waals surface area (Å²) in [5.74, 6) is -0.437. The molecule has 2 aliphatic rings. The van der Waals surface area contributed by atoms with Crippen LogP contribution in [-0.2, 0) is 16.0 Å². The molecule has 5 rings (SSSR count). The summed E-state index contributed by atoms with van der Waals surface area (Å²) in [7, 11) is 1.35. The molecule has 0 saturated heterocycles. The third kappa shape index (κ3) is 2.56. The number of aromatic amines is 1. The van der Waals surface area contributed by atoms with Gasteiger partial charge in [-0.1, -0.05) is 36.9 Å². The number of carbonyl (C=O) groups is 2. The number of nitrogens with zero attached hydrogens (tertiary/aromatic N) is 2. The molecule has 0 bridgehead atoms. The van der Waals surface area contributed by atoms with E-state index in [0.717, 1.165) is 23.3 Å². The Morgan fingerprint density at radius 2 is 1.97 bits per heavy atom. The van der Waals surface area contributed by atoms with Crippen molar-refractivity contribution in [2.45, 2.75) is 12.6 Å². The van der Waals surface area contributed by atoms with Crippen LogP contribution in [0.25, 0.3) is 10.9 Å². The maximum Gasteiger partial charge on any atom is 0.334 e. The van der Waals surface area contributed by atoms with Gasteiger partial charge in [0.1, 0.15) is 6.17 Å². The minimum absolute atomic E-state index is 0.00911. The molecular weight excluding hydrogens is 366 g/mol. The highest BCUT2D eigenvalue weighted by atomic mass is 16.5. The maximum atomic E-state index is 13.3. The number of carbonyl (C=O) groups excluding carboxylic acids is 2. The number of para-hydroxylation sites is 2. The molecule has 2 aromatic carbocycles. The molecule has 0 aliphatic carbocycles. The van der Waals surface area contributed by atoms with Gasteiger partial charge in [-0.25, -0.2) is 4.79 Å². The molecule has 0 fully saturated rings. The van der Waals surface area contributed by atoms with Crippen molar-refractivity contribution in [2.75, 3.05) is 25.1 Å². The number of ether oxygens (including phenoxy) is 1. The number of anilines is 1. The second-order valence-corrected chi connectivity index (χ2v) is 7.43. The lowest BCUT2D eigenvalue weighted by Crippen LogP contribution is -2.53. The van der Waals surface area contributed by atoms with Gasteiger partial charge in [-0.15, -0.1) is 0 Å². The van der Waals surface area contributed by atoms with Gasteiger partial charge in [0, 0.05) is 23.0 Å². The SMILES string of the molecule is C=C(CN1c2ccccc2C(=O)N2CCc3c([nH]c4ccccc34)C21)C(=O)OC. The monoisotopic (exact) mass is 387 g/mol. The van der Waals surface area contributed by atoms with Crippen LogP contribution in [0, 0.1) is 0 Å². The number of rotatable bonds is 3. The summed E-state index contributed by atoms with van der Waals surface area (Å²) in [6, 6.07) is 15.7. The van der Waals surface area contributed by atoms with Crippen LogP contribution in [0.15, 0.2) is 60.7 Å². The maximum absolute atomic E-state index is 13.3. The lowest BCUT2D eigenvalue weighted by Gasteiger charge is -2.47. The molecular formula is C23H21N3O3. The van der Waals surface area contributed by atoms with E-state index >= 15 is 0 Å². The van der Waals surface area contributed by atoms with Crippen LogP contribution >= 0.6 is 0 Å². The van der Waals surface area contributed by atoms with Crippen molar-refractivity contribution >= 4 is 28.5 Å². The van der Waals surface area contributed by atoms with Crippen molar-refractivity contribution < 1.29 is 14.3 Å². The highest BCUT2D eigenvalue weighted by Crippen LogP contribution is 2.43. The smallest absolute Gasteiger partial charge is 0.334 e. The number of H-pyrrole nitrogens is 1. The normalized spacial score (nSPS) is 17.6. The Morgan fingerprint density at radius 1 is 1.21 bits per heavy atom. The van der Waals surface area contributed by atoms with Gasteiger partial charge in [-0.2, -0.15) is 0 Å². The van der Waals surface area contributed by atoms with Crippen molar-refractivity contribution in [3.8, 4) is 0 Å². The van der Waals surface area contributed by atoms with Gasteiger partial charge in [0.2, 0.25) is 0 Å². The van der Waals surface area contributed by atoms with E-state index in [2.05, 4.69) is 22.5 Å². The molecule has 3 aromatic rings. The first kappa shape index (κ1) is 17.6. The molecule has 1 N–H and O–H groups in total. The molecule has 6 nitrogen and oxygen atoms in total. The van der Waals surface area contributed by atoms with E-state index in [4.69, 9.17) is 4.74 Å². The van der Waals surface area contributed by atoms with Crippen LogP contribution in [0.5, 0.6) is 0 Å². The molecule has 1 unspecified atom stereocenters. The van der Waals surface area contributed by atoms with Crippen molar-refractivity contribution in [3.63, 3.8) is 0 Å². The molecule has 0 spiro atoms. The van der Waals surface area contributed by atoms with E-state index in [1.165, 1.54) is 18.1 Å². The Bertz CT molecular complexity index is 1160. The van der Waals surface area contributed by atoms with E-state index in [1.54, 1.807) is 0 Å². The van der Waals surface area contributed by atoms with Crippen molar-refractivity contribution in [3.05, 3.63) is 77.5 Å². The lowest BCUT2D eigenvalue weighted by atomic mass is 9.95. The van der Waals surface area contributed by atoms with E-state index in [1.807, 2.05) is 47.4 Å². The fourth-order valence-corrected chi connectivity index (χ4v) is 4.54. The zero-order chi connectivity index (χ0) is 20.1. The fraction of sp³-hybridized carbons (Fsp3) is 0.217. The summed E-state index contributed by atoms with van der Waals surface area (Å²) in [6.07, 6.45) is 0.463. The summed E-state index contributed by atoms with van der Waals surface area (Å²) in [6.45, 7) is 4.81. The fourth-order valence-electron chi connectivity index (χ4n) is 4.54. The predicted octanol–water partition coefficient (Wildman–Crippen LogP) is 3.41. The quantitative estimate of drug-likeness (QED) is 0.553. The Balaban J connectivity index is 1.69. The summed E-state index contributed by atoms with van der Waals surface area (Å²) < 4.78 is 4.86. The number of aromatic nitrogens is 1. The summed E-state index contributed by atoms with van der Waals surface area (Å²) in [4.78, 5) is 32.8. The summed E-state index contributed by atoms with van der Waals surface area (Å²) >= 11 is 0. The number of hydrogen-bond donors (Lipinski definition) is 1. The van der Waals surface area contributed by atoms with E-state index in [0.29, 0.717) is 17.7 Å². The van der Waals surface area contributed by atoms with Crippen LogP contribution in [-0.4, -0.2) is 42.0 Å². The lowest BCUT2D eigenvalue weighted by molar-refractivity contribution is -0.136. The van der Waals surface area contributed by atoms with E-state index < -0.39 is 5.97 Å². The topological polar surface area (TPSA) is 65.6 Å². The molecule has 6 heteroatoms. The molecule has 1 amide bonds. The predicted molar refractivity (Wildman–Crippen MR) is 111 cm³/mol. The van der Waals surface area contributed by atoms with Crippen LogP contribution in [0.3, 0.4) is 0 Å². The molecule has 3 heterocycles. The average molecular weight is 387 g/mol. The highest BCUT2D eigenvalue weighted by Gasteiger charge is 2.43. The van der Waals surface area contributed by atoms with Crippen LogP contribution < -0.4 is 4.90 Å². The van der Waals surface area contributed by atoms with Gasteiger partial charge in [0.15, 0.2) is 0 Å². The number of fused-ring (bicyclic) bond motifs is 6. The molecule has 0 saturated carbocycles. The standard InChI is InChI=1S/C23H21N3O3/c1-14(23(28)29-2)13-26-19-10-6-4-8-17(19)22(27)25-12-11-16-15-7-3-5-9-18(15)24-20(16)21(25)26/h3-10,21,24H,1,11-13H2,2H3. The number of nitrogens with one attached hydrogen (secondary N) is 1. The van der Waals surface area contributed by atoms with E-state index in [9.17, 15) is 9.59 Å². The Morgan fingerprint density at radius 3 is 2.79 bits per heavy atom. The first-order chi connectivity index (χ1) is 14.1. The Hall–Kier alpha value is -3.54. The third-order valence-corrected chi connectivity index (χ3v) is 5.84. The minimum atomic E-state index is -0.446. The second-order valence-electron chi connectivity index (χ2n) is 7.43. The van der Waals surface area contributed by atoms with Gasteiger partial charge in [-0.3, -0.25) is 4.79 Å². The first-order valence-electron chi connectivity index (χ1n) is 9.62. The molecule has 29 heavy (non-hydrogen) atoms. The summed E-state index contributed by atoms with van der Waals surface area (Å²) in [5, 5.41) is 1.18. The number of esters is 1. The zero-order valence-electron chi connectivity index (χ0n) is 16.1. The van der Waals surface area contributed by atoms with Gasteiger partial charge in [0.05, 0.1) is 30.6 Å². The number of benzene rings is 2. The van der Waals surface area contributed by atoms with Crippen LogP contribution in [0.4, 0.5) is 5.69 Å². The largest absolute Gasteiger partial charge is 0.466 e. The Kier molecular flexibility index (Phi) is 3.94. The summed E-state index contributed by atoms with van der Waals surface area (Å²) in [5.41, 5.74) is 5.06. The van der Waals surface area contributed by atoms with Gasteiger partial charge < -0.3 is 19.5 Å². The molecule has 1 aromatic heterocycles. The van der Waals surface area contributed by atoms with E-state index in [-0.39, 0.29) is 18.6 Å². The number of amides is 1. The van der Waals surface area contributed by atoms with Crippen molar-refractivity contribution in [1.29, 1.82) is 0 Å². The number of hydrogen-bond acceptors (Lipinski definition) is 4. The second kappa shape index (κ2) is 6.51. The first-order valence-corrected chi connectivity index (χ1v) is 9.62. The van der Waals surface area contributed by atoms with Gasteiger partial charge in [0.25, 0.3) is 5.91 Å². The van der Waals surface area contributed by atoms with Gasteiger partial charge >= 0.3 is 5.97 Å². The van der Waals surface area contributed by atoms with Crippen LogP contribution in [0.2, 0.25) is 0 Å². The zero-order valence-corrected chi connectivity index (χ0v) is 16.1. The Labute approximate surface area is 168 Å². The molecule has 0 radical (unpaired) electrons. The minimum Gasteiger partial charge on any atom is -0.466 e. The third-order valence-electron chi connectivity index (χ3n) is 5.84. The molecule has 146 valence electrons. The van der Waals surface area contributed by atoms with Crippen molar-refractivity contribution in [2.24, 2.45) is 0 Å². The number of methoxy groups -OCH3 is 1. The average Bonchev–Trinajstić information content (AvgIpc) is 3.14. The molecule has 1 atom stereocenters. The van der Waals surface area contributed by atoms with Crippen molar-refractivity contribution in [1.82, 2.24) is 9.88 Å².